The van der Waals surface area contributed by atoms with Gasteiger partial charge in [-0.2, -0.15) is 0 Å². The van der Waals surface area contributed by atoms with Crippen LogP contribution >= 0.6 is 0 Å². The van der Waals surface area contributed by atoms with Gasteiger partial charge in [0.25, 0.3) is 0 Å². The first kappa shape index (κ1) is 18.0. The number of hydrogen-bond acceptors (Lipinski definition) is 1. The van der Waals surface area contributed by atoms with E-state index in [0.717, 1.165) is 0 Å². The minimum absolute atomic E-state index is 0.596. The lowest BCUT2D eigenvalue weighted by Crippen LogP contribution is -1.93. The van der Waals surface area contributed by atoms with Crippen LogP contribution in [0.15, 0.2) is 29.8 Å². The first-order valence-corrected chi connectivity index (χ1v) is 4.80. The van der Waals surface area contributed by atoms with Gasteiger partial charge in [0.2, 0.25) is 0 Å². The van der Waals surface area contributed by atoms with E-state index in [-0.39, 0.29) is 0 Å². The van der Waals surface area contributed by atoms with Crippen molar-refractivity contribution in [2.45, 2.75) is 34.6 Å². The Balaban J connectivity index is -0.000000218. The van der Waals surface area contributed by atoms with E-state index in [9.17, 15) is 0 Å². The lowest BCUT2D eigenvalue weighted by molar-refractivity contribution is 0.804. The molecule has 0 amide bonds. The molecule has 0 radical (unpaired) electrons. The Labute approximate surface area is 84.3 Å². The smallest absolute Gasteiger partial charge is 0.0277 e. The van der Waals surface area contributed by atoms with E-state index in [0.29, 0.717) is 5.92 Å². The molecule has 0 atom stereocenters. The van der Waals surface area contributed by atoms with Gasteiger partial charge in [-0.3, -0.25) is 4.99 Å². The highest BCUT2D eigenvalue weighted by atomic mass is 14.6. The van der Waals surface area contributed by atoms with Crippen molar-refractivity contribution in [3.05, 3.63) is 24.8 Å². The highest BCUT2D eigenvalue weighted by Gasteiger charge is 1.95. The second-order valence-electron chi connectivity index (χ2n) is 2.33. The van der Waals surface area contributed by atoms with Crippen LogP contribution in [0.1, 0.15) is 34.6 Å². The molecule has 0 aliphatic heterocycles. The van der Waals surface area contributed by atoms with Crippen LogP contribution in [0, 0.1) is 5.92 Å². The first-order valence-electron chi connectivity index (χ1n) is 4.80. The molecule has 1 nitrogen and oxygen atoms in total. The van der Waals surface area contributed by atoms with Crippen molar-refractivity contribution in [3.63, 3.8) is 0 Å². The molecule has 0 heterocycles. The van der Waals surface area contributed by atoms with Crippen LogP contribution in [0.4, 0.5) is 0 Å². The average Bonchev–Trinajstić information content (AvgIpc) is 2.20. The molecule has 0 spiro atoms. The molecule has 0 bridgehead atoms. The molecular weight excluding hydrogens is 158 g/mol. The summed E-state index contributed by atoms with van der Waals surface area (Å²) >= 11 is 0. The summed E-state index contributed by atoms with van der Waals surface area (Å²) in [6.07, 6.45) is 4.00. The van der Waals surface area contributed by atoms with Crippen LogP contribution in [0.3, 0.4) is 0 Å². The summed E-state index contributed by atoms with van der Waals surface area (Å²) in [7, 11) is 1.80. The van der Waals surface area contributed by atoms with Crippen molar-refractivity contribution < 1.29 is 0 Å². The van der Waals surface area contributed by atoms with Crippen LogP contribution in [0.5, 0.6) is 0 Å². The molecule has 0 unspecified atom stereocenters. The minimum atomic E-state index is 0.596. The summed E-state index contributed by atoms with van der Waals surface area (Å²) in [6.45, 7) is 16.4. The van der Waals surface area contributed by atoms with Crippen molar-refractivity contribution in [2.24, 2.45) is 10.9 Å². The molecule has 78 valence electrons. The van der Waals surface area contributed by atoms with E-state index in [1.165, 1.54) is 5.57 Å². The molecule has 13 heavy (non-hydrogen) atoms. The molecular formula is C12H25N. The molecule has 1 heteroatoms. The molecule has 0 rings (SSSR count). The third-order valence-electron chi connectivity index (χ3n) is 1.28. The fourth-order valence-electron chi connectivity index (χ4n) is 0.706. The Morgan fingerprint density at radius 3 is 1.69 bits per heavy atom. The van der Waals surface area contributed by atoms with Gasteiger partial charge >= 0.3 is 0 Å². The van der Waals surface area contributed by atoms with Crippen molar-refractivity contribution in [2.75, 3.05) is 7.05 Å². The Morgan fingerprint density at radius 1 is 1.23 bits per heavy atom. The third kappa shape index (κ3) is 14.1. The number of rotatable bonds is 2. The predicted molar refractivity (Wildman–Crippen MR) is 65.6 cm³/mol. The van der Waals surface area contributed by atoms with Gasteiger partial charge in [-0.05, 0) is 18.4 Å². The molecule has 0 aromatic carbocycles. The fourth-order valence-corrected chi connectivity index (χ4v) is 0.706. The van der Waals surface area contributed by atoms with Crippen molar-refractivity contribution in [1.82, 2.24) is 0 Å². The first-order chi connectivity index (χ1) is 6.22. The third-order valence-corrected chi connectivity index (χ3v) is 1.28. The fraction of sp³-hybridized carbons (Fsp3) is 0.583. The maximum atomic E-state index is 3.93. The van der Waals surface area contributed by atoms with Gasteiger partial charge in [-0.25, -0.2) is 0 Å². The Morgan fingerprint density at radius 2 is 1.62 bits per heavy atom. The minimum Gasteiger partial charge on any atom is -0.296 e. The Hall–Kier alpha value is -0.850. The van der Waals surface area contributed by atoms with Gasteiger partial charge in [0.1, 0.15) is 0 Å². The summed E-state index contributed by atoms with van der Waals surface area (Å²) < 4.78 is 0. The highest BCUT2D eigenvalue weighted by molar-refractivity contribution is 5.78. The summed E-state index contributed by atoms with van der Waals surface area (Å²) in [5.41, 5.74) is 1.30. The lowest BCUT2D eigenvalue weighted by Gasteiger charge is -2.02. The molecule has 0 aromatic heterocycles. The molecule has 0 fully saturated rings. The standard InChI is InChI=1S/C8H15N.C2H6.C2H4/c1-5-8(6-9-4)7(2)3;2*1-2/h5-7H,1-4H3;1-2H3;1-2H2/b8-5+,9-6?;;. The van der Waals surface area contributed by atoms with Gasteiger partial charge in [0.15, 0.2) is 0 Å². The monoisotopic (exact) mass is 183 g/mol. The van der Waals surface area contributed by atoms with Gasteiger partial charge in [-0.15, -0.1) is 13.2 Å². The Kier molecular flexibility index (Phi) is 24.0. The SMILES string of the molecule is C/C=C(\C=NC)C(C)C.C=C.CC. The van der Waals surface area contributed by atoms with E-state index in [2.05, 4.69) is 38.1 Å². The predicted octanol–water partition coefficient (Wildman–Crippen LogP) is 4.12. The van der Waals surface area contributed by atoms with Gasteiger partial charge in [-0.1, -0.05) is 33.8 Å². The van der Waals surface area contributed by atoms with Crippen LogP contribution in [-0.2, 0) is 0 Å². The highest BCUT2D eigenvalue weighted by Crippen LogP contribution is 2.05. The maximum absolute atomic E-state index is 3.93. The number of allylic oxidation sites excluding steroid dienone is 2. The van der Waals surface area contributed by atoms with E-state index < -0.39 is 0 Å². The normalized spacial score (nSPS) is 10.2. The number of aliphatic imine (C=N–C) groups is 1. The van der Waals surface area contributed by atoms with Crippen molar-refractivity contribution in [3.8, 4) is 0 Å². The Bertz CT molecular complexity index is 132. The van der Waals surface area contributed by atoms with Crippen LogP contribution < -0.4 is 0 Å². The topological polar surface area (TPSA) is 12.4 Å². The van der Waals surface area contributed by atoms with Gasteiger partial charge < -0.3 is 0 Å². The van der Waals surface area contributed by atoms with Crippen LogP contribution in [0.2, 0.25) is 0 Å². The summed E-state index contributed by atoms with van der Waals surface area (Å²) in [4.78, 5) is 3.93. The zero-order valence-corrected chi connectivity index (χ0v) is 10.1. The summed E-state index contributed by atoms with van der Waals surface area (Å²) in [5, 5.41) is 0. The zero-order chi connectivity index (χ0) is 11.3. The quantitative estimate of drug-likeness (QED) is 0.451. The second kappa shape index (κ2) is 17.3. The molecule has 0 aliphatic rings. The molecule has 0 saturated heterocycles. The number of hydrogen-bond donors (Lipinski definition) is 0. The molecule has 0 saturated carbocycles. The second-order valence-corrected chi connectivity index (χ2v) is 2.33. The summed E-state index contributed by atoms with van der Waals surface area (Å²) in [5.74, 6) is 0.596. The van der Waals surface area contributed by atoms with E-state index >= 15 is 0 Å². The van der Waals surface area contributed by atoms with Crippen molar-refractivity contribution in [1.29, 1.82) is 0 Å². The van der Waals surface area contributed by atoms with Gasteiger partial charge in [0.05, 0.1) is 0 Å². The molecule has 0 aromatic rings. The summed E-state index contributed by atoms with van der Waals surface area (Å²) in [6, 6.07) is 0. The molecule has 0 aliphatic carbocycles. The maximum Gasteiger partial charge on any atom is 0.0277 e. The molecule has 0 N–H and O–H groups in total. The van der Waals surface area contributed by atoms with E-state index in [1.807, 2.05) is 27.0 Å². The largest absolute Gasteiger partial charge is 0.296 e. The van der Waals surface area contributed by atoms with Crippen LogP contribution in [-0.4, -0.2) is 13.3 Å². The average molecular weight is 183 g/mol. The lowest BCUT2D eigenvalue weighted by atomic mass is 10.1. The number of nitrogens with zero attached hydrogens (tertiary/aromatic N) is 1. The van der Waals surface area contributed by atoms with E-state index in [1.54, 1.807) is 7.05 Å². The van der Waals surface area contributed by atoms with Crippen LogP contribution in [0.25, 0.3) is 0 Å². The van der Waals surface area contributed by atoms with Gasteiger partial charge in [0, 0.05) is 13.3 Å². The van der Waals surface area contributed by atoms with Crippen molar-refractivity contribution >= 4 is 6.21 Å². The zero-order valence-electron chi connectivity index (χ0n) is 10.1. The van der Waals surface area contributed by atoms with E-state index in [4.69, 9.17) is 0 Å².